The number of thiophene rings is 1. The van der Waals surface area contributed by atoms with E-state index >= 15 is 0 Å². The maximum Gasteiger partial charge on any atom is 0.216 e. The first kappa shape index (κ1) is 32.8. The fourth-order valence-corrected chi connectivity index (χ4v) is 9.72. The minimum absolute atomic E-state index is 0. The van der Waals surface area contributed by atoms with Crippen LogP contribution in [0.3, 0.4) is 0 Å². The van der Waals surface area contributed by atoms with Crippen LogP contribution >= 0.6 is 11.3 Å². The molecule has 0 aliphatic heterocycles. The second kappa shape index (κ2) is 15.9. The molecule has 0 saturated carbocycles. The molecule has 0 bridgehead atoms. The van der Waals surface area contributed by atoms with E-state index in [-0.39, 0.29) is 31.2 Å². The van der Waals surface area contributed by atoms with Gasteiger partial charge < -0.3 is 14.0 Å². The van der Waals surface area contributed by atoms with E-state index in [1.807, 2.05) is 66.9 Å². The topological polar surface area (TPSA) is 56.7 Å². The minimum atomic E-state index is -2.48. The molecule has 11 aromatic rings. The molecule has 60 heavy (non-hydrogen) atoms. The van der Waals surface area contributed by atoms with E-state index in [0.717, 1.165) is 33.4 Å². The molecule has 0 aliphatic carbocycles. The van der Waals surface area contributed by atoms with Gasteiger partial charge in [-0.25, -0.2) is 4.98 Å². The van der Waals surface area contributed by atoms with Gasteiger partial charge in [-0.15, -0.1) is 65.4 Å². The van der Waals surface area contributed by atoms with E-state index in [1.165, 1.54) is 43.6 Å². The Bertz CT molecular complexity index is 3550. The van der Waals surface area contributed by atoms with Crippen LogP contribution in [0, 0.1) is 25.8 Å². The van der Waals surface area contributed by atoms with E-state index in [4.69, 9.17) is 17.6 Å². The van der Waals surface area contributed by atoms with Crippen molar-refractivity contribution in [2.75, 3.05) is 0 Å². The number of nitrogens with zero attached hydrogens (tertiary/aromatic N) is 4. The first-order valence-corrected chi connectivity index (χ1v) is 23.6. The Morgan fingerprint density at radius 3 is 2.25 bits per heavy atom. The maximum absolute atomic E-state index is 7.95. The summed E-state index contributed by atoms with van der Waals surface area (Å²) >= 11 is 1.77. The number of hydrogen-bond acceptors (Lipinski definition) is 5. The molecule has 0 atom stereocenters. The summed E-state index contributed by atoms with van der Waals surface area (Å²) in [7, 11) is -1.23. The normalized spacial score (nSPS) is 13.5. The fraction of sp³-hybridized carbons (Fsp3) is 0.0962. The average Bonchev–Trinajstić information content (AvgIpc) is 3.99. The summed E-state index contributed by atoms with van der Waals surface area (Å²) in [6, 6.07) is 51.6. The number of hydrogen-bond donors (Lipinski definition) is 0. The van der Waals surface area contributed by atoms with Gasteiger partial charge >= 0.3 is 0 Å². The molecule has 8 heteroatoms. The standard InChI is InChI=1S/C38H24N3OS.C14H16NSi.Ir/c1-22-16-23(2)18-24(17-22)25-19-31-28-9-7-10-29(36(28)42-38(31)39-21-25)37-40-32-11-4-5-12-33(32)41(37)26-14-15-35-30(20-26)27-8-3-6-13-34(27)43-35;1-16(2,3)13-9-10-14(15-11-13)12-7-5-4-6-8-12;/h3-9,11-21H,1-2H3;4-7,9-11H,1-3H3;/q2*-1;/i1D3,2D3;;. The third-order valence-electron chi connectivity index (χ3n) is 10.6. The molecule has 0 saturated heterocycles. The maximum atomic E-state index is 7.95. The van der Waals surface area contributed by atoms with Gasteiger partial charge in [0.1, 0.15) is 0 Å². The summed E-state index contributed by atoms with van der Waals surface area (Å²) in [5, 5.41) is 5.25. The minimum Gasteiger partial charge on any atom is -0.486 e. The van der Waals surface area contributed by atoms with Gasteiger partial charge in [-0.3, -0.25) is 4.98 Å². The summed E-state index contributed by atoms with van der Waals surface area (Å²) in [5.41, 5.74) is 7.33. The van der Waals surface area contributed by atoms with Gasteiger partial charge in [0.05, 0.1) is 30.5 Å². The Hall–Kier alpha value is -6.02. The molecule has 5 heterocycles. The average molecular weight is 995 g/mol. The molecule has 295 valence electrons. The molecule has 0 aliphatic rings. The van der Waals surface area contributed by atoms with Crippen LogP contribution in [0.15, 0.2) is 156 Å². The molecule has 1 radical (unpaired) electrons. The SMILES string of the molecule is C[Si](C)(C)c1ccc(-c2[c-]cccc2)nc1.[2H]C([2H])([2H])c1cc(-c2cnc3oc4c(-c5nc6ccccc6n5-c5ccc6sc7ccccc7c6c5)[c-]ccc4c3c2)cc(C([2H])([2H])[2H])c1.[Ir]. The quantitative estimate of drug-likeness (QED) is 0.127. The van der Waals surface area contributed by atoms with Crippen molar-refractivity contribution in [1.29, 1.82) is 0 Å². The third-order valence-corrected chi connectivity index (χ3v) is 13.8. The van der Waals surface area contributed by atoms with Gasteiger partial charge in [-0.2, -0.15) is 0 Å². The number of rotatable bonds is 5. The van der Waals surface area contributed by atoms with Crippen LogP contribution in [0.2, 0.25) is 19.6 Å². The van der Waals surface area contributed by atoms with Crippen molar-refractivity contribution in [2.24, 2.45) is 0 Å². The van der Waals surface area contributed by atoms with Crippen molar-refractivity contribution in [3.8, 4) is 39.5 Å². The molecule has 0 N–H and O–H groups in total. The van der Waals surface area contributed by atoms with E-state index in [9.17, 15) is 0 Å². The Balaban J connectivity index is 0.000000273. The van der Waals surface area contributed by atoms with Crippen molar-refractivity contribution in [3.63, 3.8) is 0 Å². The number of aryl methyl sites for hydroxylation is 2. The van der Waals surface area contributed by atoms with Crippen molar-refractivity contribution in [3.05, 3.63) is 175 Å². The molecule has 0 fully saturated rings. The van der Waals surface area contributed by atoms with Gasteiger partial charge in [0.15, 0.2) is 0 Å². The van der Waals surface area contributed by atoms with Crippen molar-refractivity contribution in [1.82, 2.24) is 19.5 Å². The first-order valence-electron chi connectivity index (χ1n) is 22.3. The summed E-state index contributed by atoms with van der Waals surface area (Å²) in [6.45, 7) is 2.04. The van der Waals surface area contributed by atoms with Crippen LogP contribution in [0.4, 0.5) is 0 Å². The number of para-hydroxylation sites is 2. The largest absolute Gasteiger partial charge is 0.486 e. The van der Waals surface area contributed by atoms with Crippen LogP contribution in [0.1, 0.15) is 19.4 Å². The number of imidazole rings is 1. The predicted octanol–water partition coefficient (Wildman–Crippen LogP) is 13.5. The van der Waals surface area contributed by atoms with Crippen LogP contribution in [0.25, 0.3) is 92.7 Å². The second-order valence-corrected chi connectivity index (χ2v) is 21.7. The Kier molecular flexibility index (Phi) is 8.67. The zero-order chi connectivity index (χ0) is 45.3. The number of pyridine rings is 2. The zero-order valence-electron chi connectivity index (χ0n) is 38.9. The molecule has 0 spiro atoms. The zero-order valence-corrected chi connectivity index (χ0v) is 37.1. The van der Waals surface area contributed by atoms with Crippen LogP contribution in [-0.2, 0) is 20.1 Å². The smallest absolute Gasteiger partial charge is 0.216 e. The van der Waals surface area contributed by atoms with Gasteiger partial charge in [-0.1, -0.05) is 102 Å². The number of benzene rings is 6. The Morgan fingerprint density at radius 2 is 1.47 bits per heavy atom. The molecule has 11 rings (SSSR count). The van der Waals surface area contributed by atoms with Crippen molar-refractivity contribution < 1.29 is 32.7 Å². The van der Waals surface area contributed by atoms with Crippen molar-refractivity contribution >= 4 is 77.9 Å². The monoisotopic (exact) mass is 995 g/mol. The summed E-state index contributed by atoms with van der Waals surface area (Å²) in [6.07, 6.45) is 3.59. The van der Waals surface area contributed by atoms with Crippen LogP contribution in [-0.4, -0.2) is 27.6 Å². The van der Waals surface area contributed by atoms with Crippen LogP contribution in [0.5, 0.6) is 0 Å². The van der Waals surface area contributed by atoms with Gasteiger partial charge in [0.2, 0.25) is 5.71 Å². The summed E-state index contributed by atoms with van der Waals surface area (Å²) < 4.78 is 58.7. The van der Waals surface area contributed by atoms with E-state index < -0.39 is 21.8 Å². The molecular weight excluding hydrogens is 949 g/mol. The second-order valence-electron chi connectivity index (χ2n) is 15.6. The molecular formula is C52H40IrN4OSSi-2. The van der Waals surface area contributed by atoms with E-state index in [0.29, 0.717) is 39.2 Å². The Labute approximate surface area is 376 Å². The van der Waals surface area contributed by atoms with Crippen molar-refractivity contribution in [2.45, 2.75) is 33.3 Å². The Morgan fingerprint density at radius 1 is 0.667 bits per heavy atom. The number of aromatic nitrogens is 4. The van der Waals surface area contributed by atoms with Crippen LogP contribution < -0.4 is 5.19 Å². The molecule has 6 aromatic carbocycles. The molecule has 5 nitrogen and oxygen atoms in total. The summed E-state index contributed by atoms with van der Waals surface area (Å²) in [4.78, 5) is 14.2. The molecule has 0 unspecified atom stereocenters. The van der Waals surface area contributed by atoms with E-state index in [1.54, 1.807) is 17.5 Å². The molecule has 0 amide bonds. The molecule has 5 aromatic heterocycles. The number of furan rings is 1. The predicted molar refractivity (Wildman–Crippen MR) is 250 cm³/mol. The van der Waals surface area contributed by atoms with Gasteiger partial charge in [0.25, 0.3) is 0 Å². The third kappa shape index (κ3) is 7.30. The van der Waals surface area contributed by atoms with Gasteiger partial charge in [-0.05, 0) is 72.6 Å². The number of fused-ring (bicyclic) bond motifs is 7. The first-order chi connectivity index (χ1) is 31.1. The summed E-state index contributed by atoms with van der Waals surface area (Å²) in [5.74, 6) is 0.665. The fourth-order valence-electron chi connectivity index (χ4n) is 7.60. The van der Waals surface area contributed by atoms with Gasteiger partial charge in [0, 0.05) is 77.5 Å². The van der Waals surface area contributed by atoms with E-state index in [2.05, 4.69) is 107 Å².